The van der Waals surface area contributed by atoms with Gasteiger partial charge in [0.1, 0.15) is 11.1 Å². The molecule has 90 valence electrons. The molecule has 1 amide bonds. The van der Waals surface area contributed by atoms with Gasteiger partial charge in [-0.1, -0.05) is 0 Å². The minimum atomic E-state index is -0.200. The van der Waals surface area contributed by atoms with Crippen LogP contribution in [0.3, 0.4) is 0 Å². The first kappa shape index (κ1) is 12.0. The van der Waals surface area contributed by atoms with Gasteiger partial charge < -0.3 is 15.4 Å². The maximum absolute atomic E-state index is 12.0. The molecule has 1 aromatic heterocycles. The number of ether oxygens (including phenoxy) is 1. The Bertz CT molecular complexity index is 452. The van der Waals surface area contributed by atoms with Gasteiger partial charge in [0.2, 0.25) is 5.91 Å². The highest BCUT2D eigenvalue weighted by atomic mass is 32.1. The number of nitrogens with one attached hydrogen (secondary N) is 2. The molecule has 2 heterocycles. The first-order chi connectivity index (χ1) is 8.26. The highest BCUT2D eigenvalue weighted by molar-refractivity contribution is 7.14. The number of likely N-dealkylation sites (N-methyl/N-ethyl adjacent to an activating group) is 1. The van der Waals surface area contributed by atoms with Gasteiger partial charge in [0.05, 0.1) is 24.7 Å². The molecule has 2 N–H and O–H groups in total. The summed E-state index contributed by atoms with van der Waals surface area (Å²) in [5.74, 6) is -0.297. The summed E-state index contributed by atoms with van der Waals surface area (Å²) in [6.45, 7) is 0.967. The molecule has 2 unspecified atom stereocenters. The van der Waals surface area contributed by atoms with Crippen molar-refractivity contribution in [1.82, 2.24) is 5.32 Å². The first-order valence-electron chi connectivity index (χ1n) is 5.29. The number of nitrogens with zero attached hydrogens (tertiary/aromatic N) is 1. The summed E-state index contributed by atoms with van der Waals surface area (Å²) in [6.07, 6.45) is 0. The van der Waals surface area contributed by atoms with Gasteiger partial charge in [0.25, 0.3) is 0 Å². The predicted octanol–water partition coefficient (Wildman–Crippen LogP) is 0.793. The summed E-state index contributed by atoms with van der Waals surface area (Å²) in [4.78, 5) is 12.0. The van der Waals surface area contributed by atoms with Gasteiger partial charge in [-0.2, -0.15) is 5.26 Å². The minimum absolute atomic E-state index is 0.0421. The Morgan fingerprint density at radius 1 is 1.65 bits per heavy atom. The standard InChI is InChI=1S/C11H13N3O2S/c1-13-9-6-16-5-8(9)10(15)14-11-7(4-12)2-3-17-11/h2-3,8-9,13H,5-6H2,1H3,(H,14,15). The Hall–Kier alpha value is -1.42. The van der Waals surface area contributed by atoms with Crippen LogP contribution in [0.15, 0.2) is 11.4 Å². The minimum Gasteiger partial charge on any atom is -0.379 e. The largest absolute Gasteiger partial charge is 0.379 e. The highest BCUT2D eigenvalue weighted by Crippen LogP contribution is 2.24. The monoisotopic (exact) mass is 251 g/mol. The van der Waals surface area contributed by atoms with Crippen molar-refractivity contribution >= 4 is 22.2 Å². The molecule has 1 fully saturated rings. The highest BCUT2D eigenvalue weighted by Gasteiger charge is 2.33. The van der Waals surface area contributed by atoms with Crippen LogP contribution in [0.25, 0.3) is 0 Å². The number of carbonyl (C=O) groups excluding carboxylic acids is 1. The van der Waals surface area contributed by atoms with Crippen LogP contribution in [0.2, 0.25) is 0 Å². The molecule has 0 aliphatic carbocycles. The molecule has 2 atom stereocenters. The Labute approximate surface area is 103 Å². The van der Waals surface area contributed by atoms with Gasteiger partial charge in [-0.05, 0) is 18.5 Å². The number of nitriles is 1. The number of carbonyl (C=O) groups is 1. The Morgan fingerprint density at radius 2 is 2.47 bits per heavy atom. The zero-order valence-electron chi connectivity index (χ0n) is 9.40. The van der Waals surface area contributed by atoms with Crippen molar-refractivity contribution in [2.45, 2.75) is 6.04 Å². The fourth-order valence-electron chi connectivity index (χ4n) is 1.80. The third-order valence-corrected chi connectivity index (χ3v) is 3.64. The first-order valence-corrected chi connectivity index (χ1v) is 6.17. The summed E-state index contributed by atoms with van der Waals surface area (Å²) in [5.41, 5.74) is 0.503. The molecule has 17 heavy (non-hydrogen) atoms. The van der Waals surface area contributed by atoms with Crippen LogP contribution in [0, 0.1) is 17.2 Å². The van der Waals surface area contributed by atoms with Gasteiger partial charge in [-0.25, -0.2) is 0 Å². The van der Waals surface area contributed by atoms with Gasteiger partial charge >= 0.3 is 0 Å². The number of hydrogen-bond donors (Lipinski definition) is 2. The topological polar surface area (TPSA) is 74.2 Å². The lowest BCUT2D eigenvalue weighted by atomic mass is 10.0. The van der Waals surface area contributed by atoms with E-state index >= 15 is 0 Å². The van der Waals surface area contributed by atoms with Crippen molar-refractivity contribution in [3.05, 3.63) is 17.0 Å². The summed E-state index contributed by atoms with van der Waals surface area (Å²) in [5, 5.41) is 17.1. The van der Waals surface area contributed by atoms with Gasteiger partial charge in [0, 0.05) is 6.04 Å². The number of rotatable bonds is 3. The summed E-state index contributed by atoms with van der Waals surface area (Å²) < 4.78 is 5.27. The third-order valence-electron chi connectivity index (χ3n) is 2.81. The average Bonchev–Trinajstić information content (AvgIpc) is 2.96. The quantitative estimate of drug-likeness (QED) is 0.833. The van der Waals surface area contributed by atoms with E-state index in [4.69, 9.17) is 10.00 Å². The molecule has 0 saturated carbocycles. The molecule has 1 saturated heterocycles. The molecular weight excluding hydrogens is 238 g/mol. The lowest BCUT2D eigenvalue weighted by molar-refractivity contribution is -0.120. The van der Waals surface area contributed by atoms with E-state index in [1.165, 1.54) is 11.3 Å². The van der Waals surface area contributed by atoms with Crippen LogP contribution >= 0.6 is 11.3 Å². The molecule has 1 aliphatic rings. The number of hydrogen-bond acceptors (Lipinski definition) is 5. The average molecular weight is 251 g/mol. The van der Waals surface area contributed by atoms with Gasteiger partial charge in [0.15, 0.2) is 0 Å². The molecule has 1 aliphatic heterocycles. The normalized spacial score (nSPS) is 23.3. The fourth-order valence-corrected chi connectivity index (χ4v) is 2.54. The van der Waals surface area contributed by atoms with E-state index in [1.807, 2.05) is 13.1 Å². The molecule has 1 aromatic rings. The van der Waals surface area contributed by atoms with Crippen molar-refractivity contribution in [2.75, 3.05) is 25.6 Å². The van der Waals surface area contributed by atoms with Gasteiger partial charge in [-0.15, -0.1) is 11.3 Å². The zero-order chi connectivity index (χ0) is 12.3. The van der Waals surface area contributed by atoms with E-state index in [2.05, 4.69) is 10.6 Å². The van der Waals surface area contributed by atoms with Crippen molar-refractivity contribution in [3.8, 4) is 6.07 Å². The Morgan fingerprint density at radius 3 is 3.18 bits per heavy atom. The second kappa shape index (κ2) is 5.27. The number of amides is 1. The van der Waals surface area contributed by atoms with Crippen LogP contribution in [0.5, 0.6) is 0 Å². The molecule has 0 aromatic carbocycles. The third kappa shape index (κ3) is 2.47. The fraction of sp³-hybridized carbons (Fsp3) is 0.455. The second-order valence-electron chi connectivity index (χ2n) is 3.80. The van der Waals surface area contributed by atoms with Crippen LogP contribution in [-0.2, 0) is 9.53 Å². The predicted molar refractivity (Wildman–Crippen MR) is 64.8 cm³/mol. The Kier molecular flexibility index (Phi) is 3.74. The lowest BCUT2D eigenvalue weighted by Crippen LogP contribution is -2.39. The van der Waals surface area contributed by atoms with E-state index in [9.17, 15) is 4.79 Å². The molecule has 2 rings (SSSR count). The maximum Gasteiger partial charge on any atom is 0.232 e. The van der Waals surface area contributed by atoms with Crippen molar-refractivity contribution in [1.29, 1.82) is 5.26 Å². The van der Waals surface area contributed by atoms with Crippen molar-refractivity contribution in [2.24, 2.45) is 5.92 Å². The Balaban J connectivity index is 2.05. The van der Waals surface area contributed by atoms with Crippen molar-refractivity contribution < 1.29 is 9.53 Å². The van der Waals surface area contributed by atoms with E-state index in [0.29, 0.717) is 23.8 Å². The van der Waals surface area contributed by atoms with E-state index < -0.39 is 0 Å². The van der Waals surface area contributed by atoms with Crippen LogP contribution in [-0.4, -0.2) is 32.2 Å². The summed E-state index contributed by atoms with van der Waals surface area (Å²) >= 11 is 1.35. The molecule has 0 radical (unpaired) electrons. The van der Waals surface area contributed by atoms with Gasteiger partial charge in [-0.3, -0.25) is 4.79 Å². The molecule has 6 heteroatoms. The van der Waals surface area contributed by atoms with E-state index in [0.717, 1.165) is 0 Å². The number of thiophene rings is 1. The maximum atomic E-state index is 12.0. The van der Waals surface area contributed by atoms with Crippen LogP contribution in [0.1, 0.15) is 5.56 Å². The molecule has 5 nitrogen and oxygen atoms in total. The van der Waals surface area contributed by atoms with Crippen LogP contribution in [0.4, 0.5) is 5.00 Å². The zero-order valence-corrected chi connectivity index (χ0v) is 10.2. The van der Waals surface area contributed by atoms with E-state index in [-0.39, 0.29) is 17.9 Å². The van der Waals surface area contributed by atoms with Crippen LogP contribution < -0.4 is 10.6 Å². The summed E-state index contributed by atoms with van der Waals surface area (Å²) in [7, 11) is 1.81. The van der Waals surface area contributed by atoms with Crippen molar-refractivity contribution in [3.63, 3.8) is 0 Å². The molecule has 0 spiro atoms. The number of anilines is 1. The smallest absolute Gasteiger partial charge is 0.232 e. The molecule has 0 bridgehead atoms. The van der Waals surface area contributed by atoms with E-state index in [1.54, 1.807) is 11.4 Å². The lowest BCUT2D eigenvalue weighted by Gasteiger charge is -2.15. The summed E-state index contributed by atoms with van der Waals surface area (Å²) in [6, 6.07) is 3.78. The molecular formula is C11H13N3O2S. The SMILES string of the molecule is CNC1COCC1C(=O)Nc1sccc1C#N. The second-order valence-corrected chi connectivity index (χ2v) is 4.72.